The smallest absolute Gasteiger partial charge is 0.285 e. The topological polar surface area (TPSA) is 114 Å². The second kappa shape index (κ2) is 11.1. The monoisotopic (exact) mass is 538 g/mol. The van der Waals surface area contributed by atoms with Crippen LogP contribution < -0.4 is 9.04 Å². The molecule has 1 aromatic heterocycles. The lowest BCUT2D eigenvalue weighted by Gasteiger charge is -2.23. The first-order chi connectivity index (χ1) is 17.8. The molecule has 0 aliphatic carbocycles. The fraction of sp³-hybridized carbons (Fsp3) is 0.192. The number of carbonyl (C=O) groups is 1. The van der Waals surface area contributed by atoms with Crippen molar-refractivity contribution >= 4 is 50.0 Å². The standard InChI is InChI=1S/C26H26N4O5S2/c1-4-35-19-11-9-18(10-12-19)30(37(33,34)21-15-13-20(36-3)14-16-21)17-24(31)27-28-25-22-7-5-6-8-23(22)29(2)26(25)32/h5-16,32H,4,17H2,1-3H3. The Labute approximate surface area is 219 Å². The van der Waals surface area contributed by atoms with E-state index < -0.39 is 22.5 Å². The number of rotatable bonds is 9. The third-order valence-electron chi connectivity index (χ3n) is 5.67. The highest BCUT2D eigenvalue weighted by molar-refractivity contribution is 7.98. The van der Waals surface area contributed by atoms with Crippen LogP contribution in [0.25, 0.3) is 10.9 Å². The van der Waals surface area contributed by atoms with Gasteiger partial charge in [-0.2, -0.15) is 0 Å². The van der Waals surface area contributed by atoms with Crippen LogP contribution in [0.2, 0.25) is 0 Å². The van der Waals surface area contributed by atoms with Crippen molar-refractivity contribution in [1.29, 1.82) is 0 Å². The van der Waals surface area contributed by atoms with E-state index in [1.165, 1.54) is 28.5 Å². The van der Waals surface area contributed by atoms with E-state index in [1.54, 1.807) is 61.6 Å². The van der Waals surface area contributed by atoms with Gasteiger partial charge >= 0.3 is 0 Å². The predicted molar refractivity (Wildman–Crippen MR) is 144 cm³/mol. The molecule has 0 aliphatic rings. The molecule has 0 saturated carbocycles. The largest absolute Gasteiger partial charge is 0.494 e. The third-order valence-corrected chi connectivity index (χ3v) is 8.21. The summed E-state index contributed by atoms with van der Waals surface area (Å²) < 4.78 is 35.2. The van der Waals surface area contributed by atoms with Crippen LogP contribution >= 0.6 is 11.8 Å². The Balaban J connectivity index is 1.68. The maximum absolute atomic E-state index is 13.6. The van der Waals surface area contributed by atoms with Crippen molar-refractivity contribution in [2.24, 2.45) is 17.3 Å². The summed E-state index contributed by atoms with van der Waals surface area (Å²) >= 11 is 1.49. The Morgan fingerprint density at radius 1 is 1.05 bits per heavy atom. The van der Waals surface area contributed by atoms with Gasteiger partial charge in [-0.25, -0.2) is 8.42 Å². The zero-order valence-electron chi connectivity index (χ0n) is 20.5. The number of carbonyl (C=O) groups excluding carboxylic acids is 1. The van der Waals surface area contributed by atoms with Crippen molar-refractivity contribution in [2.45, 2.75) is 16.7 Å². The molecule has 0 atom stereocenters. The fourth-order valence-corrected chi connectivity index (χ4v) is 5.61. The number of sulfonamides is 1. The number of aromatic nitrogens is 1. The SMILES string of the molecule is CCOc1ccc(N(CC(=O)N=Nc2c(O)n(C)c3ccccc23)S(=O)(=O)c2ccc(SC)cc2)cc1. The summed E-state index contributed by atoms with van der Waals surface area (Å²) in [6.45, 7) is 1.72. The van der Waals surface area contributed by atoms with Crippen molar-refractivity contribution in [1.82, 2.24) is 4.57 Å². The maximum Gasteiger partial charge on any atom is 0.285 e. The lowest BCUT2D eigenvalue weighted by molar-refractivity contribution is -0.116. The van der Waals surface area contributed by atoms with Gasteiger partial charge in [0.15, 0.2) is 5.69 Å². The quantitative estimate of drug-likeness (QED) is 0.222. The molecule has 11 heteroatoms. The van der Waals surface area contributed by atoms with Crippen LogP contribution in [0.4, 0.5) is 11.4 Å². The van der Waals surface area contributed by atoms with E-state index in [2.05, 4.69) is 10.2 Å². The molecular formula is C26H26N4O5S2. The summed E-state index contributed by atoms with van der Waals surface area (Å²) in [5, 5.41) is 18.8. The molecule has 37 heavy (non-hydrogen) atoms. The molecule has 0 spiro atoms. The highest BCUT2D eigenvalue weighted by Gasteiger charge is 2.27. The number of nitrogens with zero attached hydrogens (tertiary/aromatic N) is 4. The van der Waals surface area contributed by atoms with Crippen molar-refractivity contribution in [3.8, 4) is 11.6 Å². The normalized spacial score (nSPS) is 11.8. The summed E-state index contributed by atoms with van der Waals surface area (Å²) in [5.74, 6) is -0.376. The number of benzene rings is 3. The van der Waals surface area contributed by atoms with Crippen LogP contribution in [0.3, 0.4) is 0 Å². The molecule has 0 bridgehead atoms. The molecule has 0 fully saturated rings. The molecule has 0 saturated heterocycles. The van der Waals surface area contributed by atoms with Crippen LogP contribution in [0, 0.1) is 0 Å². The molecule has 192 valence electrons. The van der Waals surface area contributed by atoms with Crippen LogP contribution in [-0.2, 0) is 21.9 Å². The van der Waals surface area contributed by atoms with Gasteiger partial charge in [-0.05, 0) is 67.8 Å². The van der Waals surface area contributed by atoms with Gasteiger partial charge < -0.3 is 14.4 Å². The summed E-state index contributed by atoms with van der Waals surface area (Å²) in [7, 11) is -2.45. The van der Waals surface area contributed by atoms with Crippen LogP contribution in [0.15, 0.2) is 92.8 Å². The average Bonchev–Trinajstić information content (AvgIpc) is 3.16. The van der Waals surface area contributed by atoms with Crippen molar-refractivity contribution in [2.75, 3.05) is 23.7 Å². The fourth-order valence-electron chi connectivity index (χ4n) is 3.78. The van der Waals surface area contributed by atoms with Gasteiger partial charge in [0.25, 0.3) is 15.9 Å². The zero-order chi connectivity index (χ0) is 26.6. The van der Waals surface area contributed by atoms with Gasteiger partial charge in [0.05, 0.1) is 22.7 Å². The molecule has 1 N–H and O–H groups in total. The van der Waals surface area contributed by atoms with Gasteiger partial charge in [0, 0.05) is 17.3 Å². The molecule has 4 aromatic rings. The van der Waals surface area contributed by atoms with E-state index in [1.807, 2.05) is 19.2 Å². The molecule has 4 rings (SSSR count). The average molecular weight is 539 g/mol. The zero-order valence-corrected chi connectivity index (χ0v) is 22.2. The number of hydrogen-bond donors (Lipinski definition) is 1. The second-order valence-electron chi connectivity index (χ2n) is 7.96. The molecule has 0 radical (unpaired) electrons. The lowest BCUT2D eigenvalue weighted by Crippen LogP contribution is -2.35. The Morgan fingerprint density at radius 2 is 1.73 bits per heavy atom. The number of aryl methyl sites for hydroxylation is 1. The molecule has 0 unspecified atom stereocenters. The number of fused-ring (bicyclic) bond motifs is 1. The number of amides is 1. The van der Waals surface area contributed by atoms with E-state index in [9.17, 15) is 18.3 Å². The van der Waals surface area contributed by atoms with Crippen LogP contribution in [0.5, 0.6) is 11.6 Å². The number of aromatic hydroxyl groups is 1. The van der Waals surface area contributed by atoms with Gasteiger partial charge in [-0.1, -0.05) is 18.2 Å². The molecular weight excluding hydrogens is 512 g/mol. The van der Waals surface area contributed by atoms with E-state index in [0.29, 0.717) is 23.3 Å². The summed E-state index contributed by atoms with van der Waals surface area (Å²) in [6, 6.07) is 20.0. The number of hydrogen-bond acceptors (Lipinski definition) is 7. The van der Waals surface area contributed by atoms with Gasteiger partial charge in [0.1, 0.15) is 12.3 Å². The first-order valence-corrected chi connectivity index (χ1v) is 14.0. The minimum atomic E-state index is -4.11. The molecule has 1 heterocycles. The van der Waals surface area contributed by atoms with E-state index in [4.69, 9.17) is 4.74 Å². The lowest BCUT2D eigenvalue weighted by atomic mass is 10.2. The summed E-state index contributed by atoms with van der Waals surface area (Å²) in [4.78, 5) is 13.9. The molecule has 1 amide bonds. The predicted octanol–water partition coefficient (Wildman–Crippen LogP) is 5.51. The van der Waals surface area contributed by atoms with Crippen molar-refractivity contribution in [3.63, 3.8) is 0 Å². The molecule has 0 aliphatic heterocycles. The third kappa shape index (κ3) is 5.47. The first kappa shape index (κ1) is 26.2. The minimum absolute atomic E-state index is 0.0376. The highest BCUT2D eigenvalue weighted by Crippen LogP contribution is 2.37. The van der Waals surface area contributed by atoms with E-state index in [0.717, 1.165) is 9.20 Å². The molecule has 3 aromatic carbocycles. The number of ether oxygens (including phenoxy) is 1. The second-order valence-corrected chi connectivity index (χ2v) is 10.7. The Hall–Kier alpha value is -3.83. The number of thioether (sulfide) groups is 1. The summed E-state index contributed by atoms with van der Waals surface area (Å²) in [5.41, 5.74) is 1.12. The maximum atomic E-state index is 13.6. The number of para-hydroxylation sites is 1. The minimum Gasteiger partial charge on any atom is -0.494 e. The molecule has 9 nitrogen and oxygen atoms in total. The number of azo groups is 1. The van der Waals surface area contributed by atoms with E-state index in [-0.39, 0.29) is 22.2 Å². The van der Waals surface area contributed by atoms with Crippen molar-refractivity contribution < 1.29 is 23.1 Å². The number of anilines is 1. The Morgan fingerprint density at radius 3 is 2.38 bits per heavy atom. The highest BCUT2D eigenvalue weighted by atomic mass is 32.2. The van der Waals surface area contributed by atoms with Crippen molar-refractivity contribution in [3.05, 3.63) is 72.8 Å². The Kier molecular flexibility index (Phi) is 7.84. The van der Waals surface area contributed by atoms with Gasteiger partial charge in [0.2, 0.25) is 5.88 Å². The van der Waals surface area contributed by atoms with E-state index >= 15 is 0 Å². The van der Waals surface area contributed by atoms with Crippen LogP contribution in [-0.4, -0.2) is 43.4 Å². The first-order valence-electron chi connectivity index (χ1n) is 11.4. The Bertz CT molecular complexity index is 1550. The van der Waals surface area contributed by atoms with Crippen LogP contribution in [0.1, 0.15) is 6.92 Å². The van der Waals surface area contributed by atoms with Gasteiger partial charge in [-0.3, -0.25) is 9.10 Å². The van der Waals surface area contributed by atoms with Gasteiger partial charge in [-0.15, -0.1) is 22.0 Å². The summed E-state index contributed by atoms with van der Waals surface area (Å²) in [6.07, 6.45) is 1.90.